The van der Waals surface area contributed by atoms with Crippen molar-refractivity contribution in [3.8, 4) is 0 Å². The monoisotopic (exact) mass is 398 g/mol. The summed E-state index contributed by atoms with van der Waals surface area (Å²) in [7, 11) is 0. The first-order chi connectivity index (χ1) is 13.2. The Kier molecular flexibility index (Phi) is 10.2. The molecule has 0 saturated carbocycles. The minimum atomic E-state index is -0.489. The fourth-order valence-electron chi connectivity index (χ4n) is 2.87. The van der Waals surface area contributed by atoms with Crippen molar-refractivity contribution in [2.24, 2.45) is 17.3 Å². The number of hydrogen-bond donors (Lipinski definition) is 1. The topological polar surface area (TPSA) is 99.6 Å². The molecule has 1 heterocycles. The van der Waals surface area contributed by atoms with Crippen LogP contribution in [0.15, 0.2) is 21.9 Å². The van der Waals surface area contributed by atoms with Crippen LogP contribution in [0, 0.1) is 17.3 Å². The number of nitrogens with zero attached hydrogens (tertiary/aromatic N) is 1. The highest BCUT2D eigenvalue weighted by Gasteiger charge is 2.38. The highest BCUT2D eigenvalue weighted by Crippen LogP contribution is 2.35. The molecule has 0 saturated heterocycles. The standard InChI is InChI=1S/C20H34N2O6/c1-15(2)14-20(5,16(3)4)18(24)28-13-12-27-11-10-26-9-8-22-7-6-17(23)21-19(22)25/h6-7,15-16H,8-14H2,1-5H3,(H,21,23,25). The molecule has 0 aliphatic heterocycles. The van der Waals surface area contributed by atoms with E-state index in [1.54, 1.807) is 0 Å². The van der Waals surface area contributed by atoms with E-state index in [9.17, 15) is 14.4 Å². The van der Waals surface area contributed by atoms with Gasteiger partial charge < -0.3 is 14.2 Å². The van der Waals surface area contributed by atoms with E-state index < -0.39 is 16.7 Å². The normalized spacial score (nSPS) is 13.7. The molecule has 0 aromatic carbocycles. The van der Waals surface area contributed by atoms with Crippen LogP contribution in [0.25, 0.3) is 0 Å². The number of carbonyl (C=O) groups is 1. The number of rotatable bonds is 13. The second-order valence-corrected chi connectivity index (χ2v) is 7.83. The second-order valence-electron chi connectivity index (χ2n) is 7.83. The molecule has 160 valence electrons. The third kappa shape index (κ3) is 7.98. The molecule has 8 nitrogen and oxygen atoms in total. The van der Waals surface area contributed by atoms with Gasteiger partial charge >= 0.3 is 11.7 Å². The number of aromatic nitrogens is 2. The molecule has 0 amide bonds. The molecule has 1 aromatic rings. The number of nitrogens with one attached hydrogen (secondary N) is 1. The van der Waals surface area contributed by atoms with E-state index in [4.69, 9.17) is 14.2 Å². The summed E-state index contributed by atoms with van der Waals surface area (Å²) in [5.41, 5.74) is -1.37. The minimum absolute atomic E-state index is 0.178. The average Bonchev–Trinajstić information content (AvgIpc) is 2.60. The van der Waals surface area contributed by atoms with Crippen molar-refractivity contribution in [1.82, 2.24) is 9.55 Å². The van der Waals surface area contributed by atoms with E-state index in [1.807, 2.05) is 20.8 Å². The summed E-state index contributed by atoms with van der Waals surface area (Å²) >= 11 is 0. The SMILES string of the molecule is CC(C)CC(C)(C(=O)OCCOCCOCCn1ccc(=O)[nH]c1=O)C(C)C. The molecule has 1 unspecified atom stereocenters. The van der Waals surface area contributed by atoms with Crippen LogP contribution < -0.4 is 11.2 Å². The predicted molar refractivity (Wildman–Crippen MR) is 106 cm³/mol. The Labute approximate surface area is 166 Å². The van der Waals surface area contributed by atoms with Gasteiger partial charge in [0.25, 0.3) is 5.56 Å². The molecule has 28 heavy (non-hydrogen) atoms. The zero-order chi connectivity index (χ0) is 21.2. The van der Waals surface area contributed by atoms with Gasteiger partial charge in [0.05, 0.1) is 38.4 Å². The molecule has 0 aliphatic carbocycles. The molecule has 1 aromatic heterocycles. The van der Waals surface area contributed by atoms with E-state index in [0.717, 1.165) is 6.42 Å². The molecular weight excluding hydrogens is 364 g/mol. The second kappa shape index (κ2) is 11.8. The fourth-order valence-corrected chi connectivity index (χ4v) is 2.87. The van der Waals surface area contributed by atoms with E-state index in [-0.39, 0.29) is 18.5 Å². The number of aromatic amines is 1. The van der Waals surface area contributed by atoms with Gasteiger partial charge in [0.15, 0.2) is 0 Å². The zero-order valence-corrected chi connectivity index (χ0v) is 17.7. The maximum absolute atomic E-state index is 12.4. The van der Waals surface area contributed by atoms with Gasteiger partial charge in [0, 0.05) is 12.3 Å². The number of ether oxygens (including phenoxy) is 3. The first kappa shape index (κ1) is 24.1. The van der Waals surface area contributed by atoms with Crippen LogP contribution in [-0.2, 0) is 25.5 Å². The highest BCUT2D eigenvalue weighted by molar-refractivity contribution is 5.76. The summed E-state index contributed by atoms with van der Waals surface area (Å²) in [5, 5.41) is 0. The maximum Gasteiger partial charge on any atom is 0.328 e. The van der Waals surface area contributed by atoms with Crippen molar-refractivity contribution in [3.63, 3.8) is 0 Å². The van der Waals surface area contributed by atoms with E-state index in [0.29, 0.717) is 38.9 Å². The summed E-state index contributed by atoms with van der Waals surface area (Å²) in [6.07, 6.45) is 2.22. The smallest absolute Gasteiger partial charge is 0.328 e. The highest BCUT2D eigenvalue weighted by atomic mass is 16.6. The van der Waals surface area contributed by atoms with Crippen LogP contribution in [0.3, 0.4) is 0 Å². The molecule has 1 rings (SSSR count). The Morgan fingerprint density at radius 2 is 1.68 bits per heavy atom. The lowest BCUT2D eigenvalue weighted by molar-refractivity contribution is -0.160. The van der Waals surface area contributed by atoms with Gasteiger partial charge in [-0.15, -0.1) is 0 Å². The number of hydrogen-bond acceptors (Lipinski definition) is 6. The molecular formula is C20H34N2O6. The van der Waals surface area contributed by atoms with E-state index in [2.05, 4.69) is 18.8 Å². The van der Waals surface area contributed by atoms with Gasteiger partial charge in [-0.2, -0.15) is 0 Å². The predicted octanol–water partition coefficient (Wildman–Crippen LogP) is 1.82. The lowest BCUT2D eigenvalue weighted by Gasteiger charge is -2.32. The molecule has 1 N–H and O–H groups in total. The molecule has 8 heteroatoms. The lowest BCUT2D eigenvalue weighted by atomic mass is 9.73. The molecule has 1 atom stereocenters. The molecule has 0 bridgehead atoms. The van der Waals surface area contributed by atoms with Crippen LogP contribution >= 0.6 is 0 Å². The summed E-state index contributed by atoms with van der Waals surface area (Å²) in [4.78, 5) is 37.1. The van der Waals surface area contributed by atoms with E-state index >= 15 is 0 Å². The van der Waals surface area contributed by atoms with Gasteiger partial charge in [-0.3, -0.25) is 19.1 Å². The summed E-state index contributed by atoms with van der Waals surface area (Å²) in [5.74, 6) is 0.439. The van der Waals surface area contributed by atoms with Crippen molar-refractivity contribution < 1.29 is 19.0 Å². The quantitative estimate of drug-likeness (QED) is 0.402. The lowest BCUT2D eigenvalue weighted by Crippen LogP contribution is -2.37. The fraction of sp³-hybridized carbons (Fsp3) is 0.750. The minimum Gasteiger partial charge on any atom is -0.463 e. The first-order valence-corrected chi connectivity index (χ1v) is 9.79. The van der Waals surface area contributed by atoms with Gasteiger partial charge in [0.1, 0.15) is 6.61 Å². The largest absolute Gasteiger partial charge is 0.463 e. The Morgan fingerprint density at radius 3 is 2.25 bits per heavy atom. The Bertz CT molecular complexity index is 709. The van der Waals surface area contributed by atoms with Crippen molar-refractivity contribution >= 4 is 5.97 Å². The molecule has 0 radical (unpaired) electrons. The Morgan fingerprint density at radius 1 is 1.07 bits per heavy atom. The summed E-state index contributed by atoms with van der Waals surface area (Å²) in [6.45, 7) is 12.2. The van der Waals surface area contributed by atoms with Gasteiger partial charge in [0.2, 0.25) is 0 Å². The number of carbonyl (C=O) groups excluding carboxylic acids is 1. The van der Waals surface area contributed by atoms with Crippen LogP contribution in [-0.4, -0.2) is 48.6 Å². The summed E-state index contributed by atoms with van der Waals surface area (Å²) in [6, 6.07) is 1.29. The van der Waals surface area contributed by atoms with Crippen molar-refractivity contribution in [3.05, 3.63) is 33.1 Å². The van der Waals surface area contributed by atoms with Crippen molar-refractivity contribution in [2.45, 2.75) is 47.6 Å². The Hall–Kier alpha value is -1.93. The number of H-pyrrole nitrogens is 1. The molecule has 0 fully saturated rings. The zero-order valence-electron chi connectivity index (χ0n) is 17.7. The molecule has 0 spiro atoms. The Balaban J connectivity index is 2.16. The van der Waals surface area contributed by atoms with Crippen LogP contribution in [0.2, 0.25) is 0 Å². The first-order valence-electron chi connectivity index (χ1n) is 9.79. The number of esters is 1. The van der Waals surface area contributed by atoms with Crippen LogP contribution in [0.4, 0.5) is 0 Å². The van der Waals surface area contributed by atoms with Crippen molar-refractivity contribution in [1.29, 1.82) is 0 Å². The maximum atomic E-state index is 12.4. The van der Waals surface area contributed by atoms with Crippen LogP contribution in [0.5, 0.6) is 0 Å². The molecule has 0 aliphatic rings. The third-order valence-electron chi connectivity index (χ3n) is 4.78. The van der Waals surface area contributed by atoms with Gasteiger partial charge in [-0.05, 0) is 25.2 Å². The average molecular weight is 399 g/mol. The van der Waals surface area contributed by atoms with Crippen molar-refractivity contribution in [2.75, 3.05) is 33.0 Å². The van der Waals surface area contributed by atoms with Crippen LogP contribution in [0.1, 0.15) is 41.0 Å². The van der Waals surface area contributed by atoms with Gasteiger partial charge in [-0.1, -0.05) is 27.7 Å². The summed E-state index contributed by atoms with van der Waals surface area (Å²) < 4.78 is 17.6. The third-order valence-corrected chi connectivity index (χ3v) is 4.78. The van der Waals surface area contributed by atoms with E-state index in [1.165, 1.54) is 16.8 Å². The van der Waals surface area contributed by atoms with Gasteiger partial charge in [-0.25, -0.2) is 4.79 Å².